The maximum atomic E-state index is 14.4. The summed E-state index contributed by atoms with van der Waals surface area (Å²) in [6.07, 6.45) is -12.2. The van der Waals surface area contributed by atoms with E-state index in [0.29, 0.717) is 18.6 Å². The second-order valence-corrected chi connectivity index (χ2v) is 10.0. The third-order valence-corrected chi connectivity index (χ3v) is 7.27. The van der Waals surface area contributed by atoms with E-state index in [1.54, 1.807) is 6.92 Å². The molecule has 2 aromatic rings. The van der Waals surface area contributed by atoms with Crippen LogP contribution in [0.2, 0.25) is 0 Å². The molecule has 0 aromatic heterocycles. The molecule has 0 saturated heterocycles. The first-order valence-electron chi connectivity index (χ1n) is 10.2. The van der Waals surface area contributed by atoms with Gasteiger partial charge in [-0.3, -0.25) is 9.10 Å². The molecule has 0 radical (unpaired) electrons. The van der Waals surface area contributed by atoms with Crippen LogP contribution >= 0.6 is 0 Å². The monoisotopic (exact) mass is 528 g/mol. The van der Waals surface area contributed by atoms with Crippen LogP contribution in [-0.2, 0) is 15.7 Å². The minimum Gasteiger partial charge on any atom is -0.322 e. The van der Waals surface area contributed by atoms with Crippen LogP contribution in [-0.4, -0.2) is 39.5 Å². The molecule has 0 spiro atoms. The number of aryl methyl sites for hydroxylation is 2. The Morgan fingerprint density at radius 3 is 1.91 bits per heavy atom. The minimum absolute atomic E-state index is 0.0191. The molecule has 0 heterocycles. The standard InChI is InChI=1S/C22H23F7N2O3S/c1-5-9-35(33,34)31(4)17-8-6-7-15(12-17)19(32)30-18-13(2)10-16(11-14(18)3)20(23,21(24,25)26)22(27,28)29/h6-8,10-12H,5,9H2,1-4H3,(H,30,32). The van der Waals surface area contributed by atoms with E-state index in [0.717, 1.165) is 18.2 Å². The molecule has 13 heteroatoms. The van der Waals surface area contributed by atoms with Gasteiger partial charge in [-0.25, -0.2) is 12.8 Å². The molecular formula is C22H23F7N2O3S. The number of sulfonamides is 1. The summed E-state index contributed by atoms with van der Waals surface area (Å²) in [6.45, 7) is 3.93. The Hall–Kier alpha value is -2.83. The van der Waals surface area contributed by atoms with Crippen molar-refractivity contribution in [1.82, 2.24) is 0 Å². The summed E-state index contributed by atoms with van der Waals surface area (Å²) >= 11 is 0. The number of hydrogen-bond donors (Lipinski definition) is 1. The largest absolute Gasteiger partial charge is 0.435 e. The van der Waals surface area contributed by atoms with Crippen molar-refractivity contribution in [1.29, 1.82) is 0 Å². The minimum atomic E-state index is -6.26. The molecular weight excluding hydrogens is 505 g/mol. The molecule has 0 saturated carbocycles. The number of carbonyl (C=O) groups excluding carboxylic acids is 1. The Bertz CT molecular complexity index is 1170. The van der Waals surface area contributed by atoms with E-state index in [9.17, 15) is 43.9 Å². The van der Waals surface area contributed by atoms with Crippen molar-refractivity contribution in [2.24, 2.45) is 0 Å². The van der Waals surface area contributed by atoms with Gasteiger partial charge in [0.15, 0.2) is 0 Å². The first-order valence-corrected chi connectivity index (χ1v) is 11.8. The zero-order chi connectivity index (χ0) is 27.0. The van der Waals surface area contributed by atoms with Crippen LogP contribution in [0.25, 0.3) is 0 Å². The van der Waals surface area contributed by atoms with Gasteiger partial charge >= 0.3 is 18.0 Å². The zero-order valence-electron chi connectivity index (χ0n) is 19.1. The van der Waals surface area contributed by atoms with Gasteiger partial charge in [0.2, 0.25) is 10.0 Å². The average Bonchev–Trinajstić information content (AvgIpc) is 2.73. The predicted octanol–water partition coefficient (Wildman–Crippen LogP) is 6.02. The van der Waals surface area contributed by atoms with Gasteiger partial charge in [0.25, 0.3) is 5.91 Å². The summed E-state index contributed by atoms with van der Waals surface area (Å²) in [7, 11) is -2.33. The number of rotatable bonds is 7. The van der Waals surface area contributed by atoms with Crippen molar-refractivity contribution in [3.8, 4) is 0 Å². The lowest BCUT2D eigenvalue weighted by Crippen LogP contribution is -2.50. The maximum absolute atomic E-state index is 14.4. The molecule has 0 unspecified atom stereocenters. The van der Waals surface area contributed by atoms with Crippen molar-refractivity contribution in [3.63, 3.8) is 0 Å². The summed E-state index contributed by atoms with van der Waals surface area (Å²) in [5.74, 6) is -0.929. The summed E-state index contributed by atoms with van der Waals surface area (Å²) in [4.78, 5) is 12.8. The number of alkyl halides is 7. The molecule has 0 bridgehead atoms. The molecule has 0 aliphatic carbocycles. The summed E-state index contributed by atoms with van der Waals surface area (Å²) < 4.78 is 119. The van der Waals surface area contributed by atoms with Gasteiger partial charge in [0, 0.05) is 23.9 Å². The molecule has 0 aliphatic heterocycles. The van der Waals surface area contributed by atoms with Crippen LogP contribution < -0.4 is 9.62 Å². The van der Waals surface area contributed by atoms with Crippen molar-refractivity contribution >= 4 is 27.3 Å². The third-order valence-electron chi connectivity index (χ3n) is 5.30. The molecule has 194 valence electrons. The SMILES string of the molecule is CCCS(=O)(=O)N(C)c1cccc(C(=O)Nc2c(C)cc(C(F)(C(F)(F)F)C(F)(F)F)cc2C)c1. The van der Waals surface area contributed by atoms with Gasteiger partial charge in [-0.1, -0.05) is 25.1 Å². The highest BCUT2D eigenvalue weighted by Gasteiger charge is 2.73. The van der Waals surface area contributed by atoms with Crippen molar-refractivity contribution in [2.45, 2.75) is 45.2 Å². The number of anilines is 2. The molecule has 0 fully saturated rings. The lowest BCUT2D eigenvalue weighted by atomic mass is 9.90. The fourth-order valence-electron chi connectivity index (χ4n) is 3.43. The Kier molecular flexibility index (Phi) is 7.85. The molecule has 1 N–H and O–H groups in total. The predicted molar refractivity (Wildman–Crippen MR) is 118 cm³/mol. The van der Waals surface area contributed by atoms with Gasteiger partial charge in [0.1, 0.15) is 0 Å². The van der Waals surface area contributed by atoms with Crippen LogP contribution in [0.1, 0.15) is 40.4 Å². The normalized spacial score (nSPS) is 13.0. The summed E-state index contributed by atoms with van der Waals surface area (Å²) in [5, 5.41) is 2.39. The number of nitrogens with one attached hydrogen (secondary N) is 1. The molecule has 2 aromatic carbocycles. The lowest BCUT2D eigenvalue weighted by molar-refractivity contribution is -0.348. The molecule has 0 atom stereocenters. The number of benzene rings is 2. The van der Waals surface area contributed by atoms with Gasteiger partial charge in [-0.05, 0) is 49.6 Å². The van der Waals surface area contributed by atoms with Gasteiger partial charge in [-0.15, -0.1) is 0 Å². The number of nitrogens with zero attached hydrogens (tertiary/aromatic N) is 1. The van der Waals surface area contributed by atoms with E-state index in [2.05, 4.69) is 5.32 Å². The topological polar surface area (TPSA) is 66.5 Å². The van der Waals surface area contributed by atoms with Crippen LogP contribution in [0.15, 0.2) is 36.4 Å². The van der Waals surface area contributed by atoms with Gasteiger partial charge in [0.05, 0.1) is 11.4 Å². The third kappa shape index (κ3) is 5.54. The number of halogens is 7. The highest BCUT2D eigenvalue weighted by atomic mass is 32.2. The number of hydrogen-bond acceptors (Lipinski definition) is 3. The molecule has 5 nitrogen and oxygen atoms in total. The van der Waals surface area contributed by atoms with E-state index in [1.165, 1.54) is 31.3 Å². The van der Waals surface area contributed by atoms with E-state index in [4.69, 9.17) is 0 Å². The van der Waals surface area contributed by atoms with Crippen molar-refractivity contribution < 1.29 is 43.9 Å². The average molecular weight is 528 g/mol. The van der Waals surface area contributed by atoms with E-state index in [1.807, 2.05) is 0 Å². The first kappa shape index (κ1) is 28.4. The van der Waals surface area contributed by atoms with Crippen LogP contribution in [0.4, 0.5) is 42.1 Å². The van der Waals surface area contributed by atoms with Crippen LogP contribution in [0.3, 0.4) is 0 Å². The number of amides is 1. The quantitative estimate of drug-likeness (QED) is 0.447. The molecule has 0 aliphatic rings. The van der Waals surface area contributed by atoms with Crippen molar-refractivity contribution in [2.75, 3.05) is 22.4 Å². The van der Waals surface area contributed by atoms with Gasteiger partial charge < -0.3 is 5.32 Å². The maximum Gasteiger partial charge on any atom is 0.435 e. The fourth-order valence-corrected chi connectivity index (χ4v) is 4.66. The molecule has 1 amide bonds. The Balaban J connectivity index is 2.43. The van der Waals surface area contributed by atoms with Gasteiger partial charge in [-0.2, -0.15) is 26.3 Å². The zero-order valence-corrected chi connectivity index (χ0v) is 19.9. The smallest absolute Gasteiger partial charge is 0.322 e. The second-order valence-electron chi connectivity index (χ2n) is 7.93. The Morgan fingerprint density at radius 1 is 0.943 bits per heavy atom. The summed E-state index contributed by atoms with van der Waals surface area (Å²) in [6, 6.07) is 6.23. The van der Waals surface area contributed by atoms with E-state index in [-0.39, 0.29) is 33.8 Å². The number of carbonyl (C=O) groups is 1. The van der Waals surface area contributed by atoms with E-state index < -0.39 is 39.5 Å². The Labute approximate surface area is 198 Å². The summed E-state index contributed by atoms with van der Waals surface area (Å²) in [5.41, 5.74) is -7.67. The van der Waals surface area contributed by atoms with Crippen LogP contribution in [0.5, 0.6) is 0 Å². The highest BCUT2D eigenvalue weighted by Crippen LogP contribution is 2.53. The van der Waals surface area contributed by atoms with E-state index >= 15 is 0 Å². The Morgan fingerprint density at radius 2 is 1.46 bits per heavy atom. The molecule has 35 heavy (non-hydrogen) atoms. The second kappa shape index (κ2) is 9.67. The van der Waals surface area contributed by atoms with Crippen LogP contribution in [0, 0.1) is 13.8 Å². The van der Waals surface area contributed by atoms with Crippen molar-refractivity contribution in [3.05, 3.63) is 58.7 Å². The lowest BCUT2D eigenvalue weighted by Gasteiger charge is -2.31. The molecule has 2 rings (SSSR count). The highest BCUT2D eigenvalue weighted by molar-refractivity contribution is 7.92. The first-order chi connectivity index (χ1) is 15.9. The fraction of sp³-hybridized carbons (Fsp3) is 0.409.